The van der Waals surface area contributed by atoms with Crippen LogP contribution in [0.25, 0.3) is 0 Å². The van der Waals surface area contributed by atoms with Crippen LogP contribution in [0.15, 0.2) is 10.2 Å². The first-order chi connectivity index (χ1) is 16.2. The van der Waals surface area contributed by atoms with E-state index in [-0.39, 0.29) is 6.19 Å². The van der Waals surface area contributed by atoms with Crippen molar-refractivity contribution in [1.29, 1.82) is 0 Å². The molecule has 186 valence electrons. The molecule has 8 heteroatoms. The number of unbranched alkanes of at least 4 members (excludes halogenated alkanes) is 3. The Hall–Kier alpha value is -1.53. The second kappa shape index (κ2) is 25.1. The molecule has 0 heterocycles. The zero-order valence-corrected chi connectivity index (χ0v) is 20.8. The molecule has 1 aliphatic rings. The second-order valence-electron chi connectivity index (χ2n) is 7.85. The van der Waals surface area contributed by atoms with E-state index in [0.29, 0.717) is 58.8 Å². The van der Waals surface area contributed by atoms with Crippen molar-refractivity contribution in [1.82, 2.24) is 0 Å². The lowest BCUT2D eigenvalue weighted by Gasteiger charge is -2.26. The summed E-state index contributed by atoms with van der Waals surface area (Å²) in [5, 5.41) is 9.09. The van der Waals surface area contributed by atoms with Crippen molar-refractivity contribution < 1.29 is 23.7 Å². The average Bonchev–Trinajstić information content (AvgIpc) is 2.77. The third kappa shape index (κ3) is 20.8. The number of hydrogen-bond acceptors (Lipinski definition) is 7. The summed E-state index contributed by atoms with van der Waals surface area (Å²) in [6, 6.07) is 0. The number of hydrogen-bond donors (Lipinski definition) is 0. The van der Waals surface area contributed by atoms with Crippen LogP contribution in [0.1, 0.15) is 71.6 Å². The fraction of sp³-hybridized carbons (Fsp3) is 0.800. The third-order valence-corrected chi connectivity index (χ3v) is 5.12. The Morgan fingerprint density at radius 3 is 2.03 bits per heavy atom. The molecule has 0 unspecified atom stereocenters. The van der Waals surface area contributed by atoms with Gasteiger partial charge in [0.15, 0.2) is 7.85 Å². The molecule has 0 saturated heterocycles. The highest BCUT2D eigenvalue weighted by Gasteiger charge is 2.23. The van der Waals surface area contributed by atoms with Gasteiger partial charge in [0.1, 0.15) is 6.61 Å². The van der Waals surface area contributed by atoms with Gasteiger partial charge in [0.05, 0.1) is 52.4 Å². The molecule has 0 aromatic carbocycles. The molecule has 7 nitrogen and oxygen atoms in total. The smallest absolute Gasteiger partial charge is 0.162 e. The van der Waals surface area contributed by atoms with Gasteiger partial charge < -0.3 is 23.7 Å². The van der Waals surface area contributed by atoms with Gasteiger partial charge in [-0.15, -0.1) is 6.42 Å². The van der Waals surface area contributed by atoms with Crippen LogP contribution < -0.4 is 0 Å². The van der Waals surface area contributed by atoms with Crippen molar-refractivity contribution in [3.8, 4) is 12.3 Å². The predicted octanol–water partition coefficient (Wildman–Crippen LogP) is 4.01. The topological polar surface area (TPSA) is 78.7 Å². The largest absolute Gasteiger partial charge is 0.379 e. The van der Waals surface area contributed by atoms with Crippen molar-refractivity contribution in [3.05, 3.63) is 0 Å². The maximum Gasteiger partial charge on any atom is 0.162 e. The fourth-order valence-corrected chi connectivity index (χ4v) is 3.05. The Bertz CT molecular complexity index is 559. The number of carbonyl (C=O) groups excluding carboxylic acids is 1. The Labute approximate surface area is 202 Å². The summed E-state index contributed by atoms with van der Waals surface area (Å²) in [6.45, 7) is 8.64. The van der Waals surface area contributed by atoms with E-state index in [1.165, 1.54) is 50.7 Å². The minimum Gasteiger partial charge on any atom is -0.379 e. The van der Waals surface area contributed by atoms with Gasteiger partial charge in [-0.05, 0) is 38.5 Å². The highest BCUT2D eigenvalue weighted by molar-refractivity contribution is 6.48. The van der Waals surface area contributed by atoms with Crippen molar-refractivity contribution >= 4 is 25.5 Å². The summed E-state index contributed by atoms with van der Waals surface area (Å²) in [6.07, 6.45) is 16.1. The summed E-state index contributed by atoms with van der Waals surface area (Å²) >= 11 is 0. The van der Waals surface area contributed by atoms with E-state index in [9.17, 15) is 0 Å². The first kappa shape index (κ1) is 31.5. The van der Waals surface area contributed by atoms with Gasteiger partial charge in [0.25, 0.3) is 0 Å². The summed E-state index contributed by atoms with van der Waals surface area (Å²) in [4.78, 5) is 8.58. The quantitative estimate of drug-likeness (QED) is 0.0682. The number of ether oxygens (including phenoxy) is 4. The zero-order valence-electron chi connectivity index (χ0n) is 20.8. The molecule has 1 saturated carbocycles. The lowest BCUT2D eigenvalue weighted by molar-refractivity contribution is 0.00202. The van der Waals surface area contributed by atoms with Crippen molar-refractivity contribution in [3.63, 3.8) is 0 Å². The minimum absolute atomic E-state index is 0.250. The molecule has 0 N–H and O–H groups in total. The van der Waals surface area contributed by atoms with Crippen molar-refractivity contribution in [2.45, 2.75) is 71.6 Å². The molecule has 0 spiro atoms. The number of carbonyl (C=O) groups is 1. The molecule has 1 rings (SSSR count). The number of rotatable bonds is 20. The number of nitrogens with zero attached hydrogens (tertiary/aromatic N) is 2. The number of terminal acetylenes is 1. The summed E-state index contributed by atoms with van der Waals surface area (Å²) in [7, 11) is 4.17. The van der Waals surface area contributed by atoms with Gasteiger partial charge in [-0.2, -0.15) is 10.2 Å². The molecule has 0 aromatic heterocycles. The minimum atomic E-state index is 0.250. The van der Waals surface area contributed by atoms with Crippen LogP contribution >= 0.6 is 0 Å². The molecule has 1 fully saturated rings. The van der Waals surface area contributed by atoms with Gasteiger partial charge >= 0.3 is 0 Å². The first-order valence-corrected chi connectivity index (χ1v) is 12.2. The third-order valence-electron chi connectivity index (χ3n) is 5.12. The van der Waals surface area contributed by atoms with E-state index >= 15 is 0 Å². The zero-order chi connectivity index (χ0) is 24.4. The van der Waals surface area contributed by atoms with Crippen LogP contribution in [0, 0.1) is 18.3 Å². The average molecular weight is 462 g/mol. The summed E-state index contributed by atoms with van der Waals surface area (Å²) < 4.78 is 21.7. The maximum atomic E-state index is 8.58. The predicted molar refractivity (Wildman–Crippen MR) is 136 cm³/mol. The fourth-order valence-electron chi connectivity index (χ4n) is 3.05. The van der Waals surface area contributed by atoms with Crippen LogP contribution in [0.3, 0.4) is 0 Å². The van der Waals surface area contributed by atoms with E-state index in [1.54, 1.807) is 0 Å². The molecular formula is C25H43BN2O5. The highest BCUT2D eigenvalue weighted by Crippen LogP contribution is 2.29. The van der Waals surface area contributed by atoms with Gasteiger partial charge in [-0.1, -0.05) is 38.5 Å². The SMILES string of the molecule is C#CCOCCOCCOCCOCC/C(=N/N=C(\C)CCCCCC)C1CCC1.[B]C=O. The van der Waals surface area contributed by atoms with E-state index in [0.717, 1.165) is 18.6 Å². The molecule has 0 atom stereocenters. The van der Waals surface area contributed by atoms with Gasteiger partial charge in [0, 0.05) is 17.8 Å². The lowest BCUT2D eigenvalue weighted by atomic mass is 9.81. The Morgan fingerprint density at radius 1 is 0.939 bits per heavy atom. The maximum absolute atomic E-state index is 8.58. The molecule has 0 aliphatic heterocycles. The molecule has 33 heavy (non-hydrogen) atoms. The molecule has 1 aliphatic carbocycles. The van der Waals surface area contributed by atoms with Gasteiger partial charge in [0.2, 0.25) is 0 Å². The van der Waals surface area contributed by atoms with Crippen LogP contribution in [-0.4, -0.2) is 78.3 Å². The monoisotopic (exact) mass is 462 g/mol. The second-order valence-corrected chi connectivity index (χ2v) is 7.85. The van der Waals surface area contributed by atoms with Crippen molar-refractivity contribution in [2.24, 2.45) is 16.1 Å². The van der Waals surface area contributed by atoms with E-state index in [4.69, 9.17) is 30.2 Å². The standard InChI is InChI=1S/C24H42N2O4.CHBO/c1-4-6-7-8-10-22(3)25-26-24(23-11-9-12-23)13-15-28-17-19-30-21-20-29-18-16-27-14-5-2;2-1-3/h2,23H,4,6-21H2,1,3H3;1H/b25-22+,26-24-;. The van der Waals surface area contributed by atoms with Crippen LogP contribution in [0.4, 0.5) is 0 Å². The highest BCUT2D eigenvalue weighted by atomic mass is 16.6. The molecule has 0 aromatic rings. The van der Waals surface area contributed by atoms with Crippen LogP contribution in [0.2, 0.25) is 0 Å². The first-order valence-electron chi connectivity index (χ1n) is 12.2. The molecule has 0 bridgehead atoms. The molecular weight excluding hydrogens is 419 g/mol. The van der Waals surface area contributed by atoms with E-state index in [2.05, 4.69) is 37.8 Å². The Kier molecular flexibility index (Phi) is 23.9. The van der Waals surface area contributed by atoms with Crippen molar-refractivity contribution in [2.75, 3.05) is 52.9 Å². The van der Waals surface area contributed by atoms with Gasteiger partial charge in [-0.3, -0.25) is 0 Å². The van der Waals surface area contributed by atoms with Crippen LogP contribution in [0.5, 0.6) is 0 Å². The van der Waals surface area contributed by atoms with Crippen LogP contribution in [-0.2, 0) is 23.7 Å². The normalized spacial score (nSPS) is 14.2. The Balaban J connectivity index is 0.00000322. The molecule has 0 amide bonds. The summed E-state index contributed by atoms with van der Waals surface area (Å²) in [5.74, 6) is 3.02. The Morgan fingerprint density at radius 2 is 1.52 bits per heavy atom. The summed E-state index contributed by atoms with van der Waals surface area (Å²) in [5.41, 5.74) is 2.35. The van der Waals surface area contributed by atoms with E-state index < -0.39 is 0 Å². The van der Waals surface area contributed by atoms with E-state index in [1.807, 2.05) is 0 Å². The van der Waals surface area contributed by atoms with Gasteiger partial charge in [-0.25, -0.2) is 0 Å². The lowest BCUT2D eigenvalue weighted by Crippen LogP contribution is -2.23. The molecule has 2 radical (unpaired) electrons.